The number of allylic oxidation sites excluding steroid dienone is 1. The molecule has 0 radical (unpaired) electrons. The summed E-state index contributed by atoms with van der Waals surface area (Å²) in [6, 6.07) is 0. The van der Waals surface area contributed by atoms with Gasteiger partial charge in [-0.25, -0.2) is 4.98 Å². The molecule has 1 aliphatic rings. The van der Waals surface area contributed by atoms with Crippen molar-refractivity contribution in [2.24, 2.45) is 10.7 Å². The first-order valence-corrected chi connectivity index (χ1v) is 8.27. The Morgan fingerprint density at radius 3 is 2.13 bits per heavy atom. The Hall–Kier alpha value is -3.00. The summed E-state index contributed by atoms with van der Waals surface area (Å²) in [6.45, 7) is 0.306. The normalized spacial score (nSPS) is 17.6. The molecule has 0 atom stereocenters. The quantitative estimate of drug-likeness (QED) is 0.551. The number of hydrogen-bond acceptors (Lipinski definition) is 5. The van der Waals surface area contributed by atoms with Crippen molar-refractivity contribution < 1.29 is 39.9 Å². The number of hydrogen-bond donors (Lipinski definition) is 1. The lowest BCUT2D eigenvalue weighted by atomic mass is 10.0. The molecule has 0 aromatic carbocycles. The molecular weight excluding hydrogens is 446 g/mol. The molecule has 0 bridgehead atoms. The minimum Gasteiger partial charge on any atom is -0.404 e. The van der Waals surface area contributed by atoms with E-state index in [2.05, 4.69) is 9.98 Å². The van der Waals surface area contributed by atoms with Crippen molar-refractivity contribution in [1.29, 1.82) is 0 Å². The van der Waals surface area contributed by atoms with Crippen molar-refractivity contribution in [1.82, 2.24) is 9.55 Å². The van der Waals surface area contributed by atoms with Gasteiger partial charge in [0.05, 0.1) is 5.56 Å². The zero-order valence-electron chi connectivity index (χ0n) is 16.1. The Bertz CT molecular complexity index is 1020. The molecule has 0 saturated carbocycles. The van der Waals surface area contributed by atoms with Gasteiger partial charge in [-0.15, -0.1) is 0 Å². The summed E-state index contributed by atoms with van der Waals surface area (Å²) in [5.41, 5.74) is -1.84. The minimum atomic E-state index is -5.95. The van der Waals surface area contributed by atoms with Crippen LogP contribution in [0, 0.1) is 0 Å². The number of anilines is 1. The molecule has 2 N–H and O–H groups in total. The molecule has 1 aliphatic heterocycles. The molecule has 15 heteroatoms. The molecule has 0 saturated heterocycles. The van der Waals surface area contributed by atoms with E-state index in [9.17, 15) is 44.7 Å². The van der Waals surface area contributed by atoms with E-state index in [1.807, 2.05) is 0 Å². The molecule has 0 aliphatic carbocycles. The van der Waals surface area contributed by atoms with Crippen LogP contribution in [0.3, 0.4) is 0 Å². The number of nitrogens with two attached hydrogens (primary N) is 1. The molecule has 1 aromatic heterocycles. The fourth-order valence-corrected chi connectivity index (χ4v) is 2.84. The number of alkyl halides is 8. The van der Waals surface area contributed by atoms with Crippen molar-refractivity contribution >= 4 is 23.6 Å². The smallest absolute Gasteiger partial charge is 0.404 e. The number of carbonyl (C=O) groups excluding carboxylic acids is 1. The van der Waals surface area contributed by atoms with E-state index in [1.165, 1.54) is 13.8 Å². The minimum absolute atomic E-state index is 0.188. The van der Waals surface area contributed by atoms with Crippen molar-refractivity contribution in [3.63, 3.8) is 0 Å². The number of nitrogens with zero attached hydrogens (tertiary/aromatic N) is 4. The maximum atomic E-state index is 13.6. The second-order valence-corrected chi connectivity index (χ2v) is 6.99. The van der Waals surface area contributed by atoms with Crippen LogP contribution in [-0.4, -0.2) is 47.4 Å². The number of fused-ring (bicyclic) bond motifs is 1. The van der Waals surface area contributed by atoms with Crippen molar-refractivity contribution in [2.45, 2.75) is 37.7 Å². The van der Waals surface area contributed by atoms with Crippen LogP contribution < -0.4 is 16.2 Å². The molecule has 1 aromatic rings. The van der Waals surface area contributed by atoms with Crippen molar-refractivity contribution in [3.8, 4) is 0 Å². The molecule has 1 amide bonds. The van der Waals surface area contributed by atoms with Crippen LogP contribution in [0.1, 0.15) is 25.1 Å². The predicted octanol–water partition coefficient (Wildman–Crippen LogP) is 2.54. The van der Waals surface area contributed by atoms with E-state index in [4.69, 9.17) is 5.73 Å². The maximum Gasteiger partial charge on any atom is 0.455 e. The summed E-state index contributed by atoms with van der Waals surface area (Å²) in [5, 5.41) is 0. The summed E-state index contributed by atoms with van der Waals surface area (Å²) in [6.07, 6.45) is -10.6. The first-order chi connectivity index (χ1) is 13.9. The highest BCUT2D eigenvalue weighted by molar-refractivity contribution is 6.10. The number of amides is 1. The number of rotatable bonds is 4. The number of carbonyl (C=O) groups is 1. The molecule has 0 fully saturated rings. The van der Waals surface area contributed by atoms with Gasteiger partial charge in [0.2, 0.25) is 5.95 Å². The highest BCUT2D eigenvalue weighted by Gasteiger charge is 2.57. The van der Waals surface area contributed by atoms with Crippen LogP contribution >= 0.6 is 0 Å². The van der Waals surface area contributed by atoms with Crippen LogP contribution in [0.2, 0.25) is 0 Å². The van der Waals surface area contributed by atoms with Crippen LogP contribution in [0.15, 0.2) is 16.0 Å². The number of aromatic nitrogens is 2. The molecule has 0 unspecified atom stereocenters. The summed E-state index contributed by atoms with van der Waals surface area (Å²) in [5.74, 6) is -6.66. The number of aliphatic imine (C=N–C) groups is 1. The molecule has 31 heavy (non-hydrogen) atoms. The zero-order valence-corrected chi connectivity index (χ0v) is 16.1. The molecule has 0 spiro atoms. The maximum absolute atomic E-state index is 13.6. The van der Waals surface area contributed by atoms with Gasteiger partial charge < -0.3 is 5.73 Å². The SMILES string of the molecule is CN1C(=O)C(C)(C)n2c1nc(C(F)(F)F)c(/C(C=NCC(F)(F)C(F)(F)F)=C/N)c2=O. The lowest BCUT2D eigenvalue weighted by Crippen LogP contribution is -2.41. The molecule has 172 valence electrons. The molecule has 2 rings (SSSR count). The Morgan fingerprint density at radius 2 is 1.68 bits per heavy atom. The Morgan fingerprint density at radius 1 is 1.13 bits per heavy atom. The standard InChI is InChI=1S/C16H15F8N5O2/c1-13(2)11(31)28(3)12-27-9(15(19,20)21)8(10(30)29(12)13)7(4-25)5-26-6-14(17,18)16(22,23)24/h4-5H,6,25H2,1-3H3/b7-4+,26-5?. The third-order valence-corrected chi connectivity index (χ3v) is 4.42. The average molecular weight is 461 g/mol. The topological polar surface area (TPSA) is 93.6 Å². The fraction of sp³-hybridized carbons (Fsp3) is 0.500. The van der Waals surface area contributed by atoms with Gasteiger partial charge in [0.15, 0.2) is 5.69 Å². The van der Waals surface area contributed by atoms with Gasteiger partial charge in [-0.2, -0.15) is 35.1 Å². The average Bonchev–Trinajstić information content (AvgIpc) is 2.78. The van der Waals surface area contributed by atoms with Gasteiger partial charge in [0, 0.05) is 25.0 Å². The van der Waals surface area contributed by atoms with Crippen LogP contribution in [-0.2, 0) is 16.5 Å². The van der Waals surface area contributed by atoms with Gasteiger partial charge in [0.1, 0.15) is 12.1 Å². The number of halogens is 8. The highest BCUT2D eigenvalue weighted by Crippen LogP contribution is 2.38. The summed E-state index contributed by atoms with van der Waals surface area (Å²) < 4.78 is 104. The van der Waals surface area contributed by atoms with Gasteiger partial charge in [-0.3, -0.25) is 24.0 Å². The lowest BCUT2D eigenvalue weighted by Gasteiger charge is -2.20. The first kappa shape index (κ1) is 24.3. The summed E-state index contributed by atoms with van der Waals surface area (Å²) in [7, 11) is 1.09. The number of likely N-dealkylation sites (N-methyl/N-ethyl adjacent to an activating group) is 1. The second-order valence-electron chi connectivity index (χ2n) is 6.99. The van der Waals surface area contributed by atoms with E-state index in [0.717, 1.165) is 11.9 Å². The Kier molecular flexibility index (Phi) is 5.72. The summed E-state index contributed by atoms with van der Waals surface area (Å²) in [4.78, 5) is 32.1. The van der Waals surface area contributed by atoms with E-state index >= 15 is 0 Å². The van der Waals surface area contributed by atoms with E-state index < -0.39 is 64.6 Å². The van der Waals surface area contributed by atoms with E-state index in [0.29, 0.717) is 10.8 Å². The van der Waals surface area contributed by atoms with Crippen LogP contribution in [0.5, 0.6) is 0 Å². The second kappa shape index (κ2) is 7.30. The molecule has 2 heterocycles. The molecule has 7 nitrogen and oxygen atoms in total. The third kappa shape index (κ3) is 3.99. The zero-order chi connectivity index (χ0) is 24.2. The molecular formula is C16H15F8N5O2. The van der Waals surface area contributed by atoms with Crippen LogP contribution in [0.4, 0.5) is 41.1 Å². The summed E-state index contributed by atoms with van der Waals surface area (Å²) >= 11 is 0. The fourth-order valence-electron chi connectivity index (χ4n) is 2.84. The van der Waals surface area contributed by atoms with Crippen LogP contribution in [0.25, 0.3) is 5.57 Å². The van der Waals surface area contributed by atoms with E-state index in [1.54, 1.807) is 0 Å². The van der Waals surface area contributed by atoms with Gasteiger partial charge in [-0.05, 0) is 13.8 Å². The Balaban J connectivity index is 2.70. The van der Waals surface area contributed by atoms with Crippen molar-refractivity contribution in [3.05, 3.63) is 27.8 Å². The Labute approximate surface area is 168 Å². The lowest BCUT2D eigenvalue weighted by molar-refractivity contribution is -0.276. The van der Waals surface area contributed by atoms with Gasteiger partial charge >= 0.3 is 18.3 Å². The highest BCUT2D eigenvalue weighted by atomic mass is 19.4. The van der Waals surface area contributed by atoms with Gasteiger partial charge in [0.25, 0.3) is 11.5 Å². The monoisotopic (exact) mass is 461 g/mol. The third-order valence-electron chi connectivity index (χ3n) is 4.42. The largest absolute Gasteiger partial charge is 0.455 e. The first-order valence-electron chi connectivity index (χ1n) is 8.27. The van der Waals surface area contributed by atoms with Gasteiger partial charge in [-0.1, -0.05) is 0 Å². The van der Waals surface area contributed by atoms with E-state index in [-0.39, 0.29) is 6.21 Å². The van der Waals surface area contributed by atoms with Crippen molar-refractivity contribution in [2.75, 3.05) is 18.5 Å². The predicted molar refractivity (Wildman–Crippen MR) is 92.8 cm³/mol.